The van der Waals surface area contributed by atoms with Crippen LogP contribution in [0.3, 0.4) is 0 Å². The van der Waals surface area contributed by atoms with Crippen LogP contribution in [0, 0.1) is 38.1 Å². The molecule has 1 aliphatic carbocycles. The van der Waals surface area contributed by atoms with Gasteiger partial charge in [0.25, 0.3) is 0 Å². The summed E-state index contributed by atoms with van der Waals surface area (Å²) in [6, 6.07) is 5.59. The van der Waals surface area contributed by atoms with Gasteiger partial charge in [-0.3, -0.25) is 14.9 Å². The maximum absolute atomic E-state index is 13.6. The molecule has 1 atom stereocenters. The number of halogens is 1. The zero-order valence-electron chi connectivity index (χ0n) is 11.9. The van der Waals surface area contributed by atoms with Crippen molar-refractivity contribution in [2.75, 3.05) is 0 Å². The first-order valence-electron chi connectivity index (χ1n) is 6.61. The van der Waals surface area contributed by atoms with Gasteiger partial charge < -0.3 is 0 Å². The van der Waals surface area contributed by atoms with Crippen LogP contribution in [0.15, 0.2) is 18.2 Å². The Morgan fingerprint density at radius 3 is 2.52 bits per heavy atom. The van der Waals surface area contributed by atoms with Crippen molar-refractivity contribution in [2.24, 2.45) is 10.8 Å². The Morgan fingerprint density at radius 1 is 1.43 bits per heavy atom. The Balaban J connectivity index is 2.33. The van der Waals surface area contributed by atoms with Crippen molar-refractivity contribution in [3.63, 3.8) is 0 Å². The smallest absolute Gasteiger partial charge is 0.297 e. The zero-order chi connectivity index (χ0) is 15.8. The number of benzene rings is 1. The maximum Gasteiger partial charge on any atom is 0.304 e. The molecule has 0 heterocycles. The second-order valence-electron chi connectivity index (χ2n) is 6.13. The van der Waals surface area contributed by atoms with E-state index in [0.717, 1.165) is 12.1 Å². The van der Waals surface area contributed by atoms with E-state index in [1.807, 2.05) is 0 Å². The van der Waals surface area contributed by atoms with Gasteiger partial charge in [-0.1, -0.05) is 19.9 Å². The third-order valence-electron chi connectivity index (χ3n) is 4.15. The molecule has 1 aromatic carbocycles. The van der Waals surface area contributed by atoms with Gasteiger partial charge in [-0.05, 0) is 30.9 Å². The first-order valence-corrected chi connectivity index (χ1v) is 6.61. The zero-order valence-corrected chi connectivity index (χ0v) is 11.9. The minimum atomic E-state index is -1.16. The number of carbonyl (C=O) groups is 1. The Morgan fingerprint density at radius 2 is 2.10 bits per heavy atom. The van der Waals surface area contributed by atoms with Crippen LogP contribution in [0.4, 0.5) is 10.1 Å². The van der Waals surface area contributed by atoms with E-state index < -0.39 is 27.3 Å². The van der Waals surface area contributed by atoms with E-state index in [9.17, 15) is 24.6 Å². The second kappa shape index (κ2) is 4.92. The fraction of sp³-hybridized carbons (Fsp3) is 0.467. The molecule has 2 rings (SSSR count). The summed E-state index contributed by atoms with van der Waals surface area (Å²) in [5.41, 5.74) is -1.91. The quantitative estimate of drug-likeness (QED) is 0.632. The molecule has 110 valence electrons. The lowest BCUT2D eigenvalue weighted by molar-refractivity contribution is -0.387. The van der Waals surface area contributed by atoms with Crippen molar-refractivity contribution in [1.82, 2.24) is 0 Å². The number of ketones is 1. The molecule has 0 spiro atoms. The highest BCUT2D eigenvalue weighted by Crippen LogP contribution is 2.47. The van der Waals surface area contributed by atoms with Crippen molar-refractivity contribution >= 4 is 11.5 Å². The molecule has 0 aromatic heterocycles. The number of hydrogen-bond acceptors (Lipinski definition) is 4. The predicted octanol–water partition coefficient (Wildman–Crippen LogP) is 3.18. The van der Waals surface area contributed by atoms with E-state index in [2.05, 4.69) is 6.07 Å². The van der Waals surface area contributed by atoms with Crippen LogP contribution in [-0.4, -0.2) is 10.7 Å². The highest BCUT2D eigenvalue weighted by Gasteiger charge is 2.52. The molecule has 1 unspecified atom stereocenters. The van der Waals surface area contributed by atoms with Gasteiger partial charge in [-0.25, -0.2) is 0 Å². The Bertz CT molecular complexity index is 663. The summed E-state index contributed by atoms with van der Waals surface area (Å²) >= 11 is 0. The third-order valence-corrected chi connectivity index (χ3v) is 4.15. The summed E-state index contributed by atoms with van der Waals surface area (Å²) < 4.78 is 13.6. The molecule has 6 heteroatoms. The van der Waals surface area contributed by atoms with E-state index in [1.165, 1.54) is 6.07 Å². The number of rotatable bonds is 3. The summed E-state index contributed by atoms with van der Waals surface area (Å²) in [5, 5.41) is 20.0. The van der Waals surface area contributed by atoms with Gasteiger partial charge in [0, 0.05) is 11.5 Å². The fourth-order valence-corrected chi connectivity index (χ4v) is 2.87. The summed E-state index contributed by atoms with van der Waals surface area (Å²) in [5.74, 6) is -1.09. The van der Waals surface area contributed by atoms with Crippen LogP contribution in [-0.2, 0) is 11.2 Å². The number of nitro benzene ring substituents is 1. The number of nitro groups is 1. The van der Waals surface area contributed by atoms with Gasteiger partial charge in [0.1, 0.15) is 5.41 Å². The lowest BCUT2D eigenvalue weighted by Crippen LogP contribution is -2.33. The lowest BCUT2D eigenvalue weighted by Gasteiger charge is -2.22. The molecule has 0 radical (unpaired) electrons. The van der Waals surface area contributed by atoms with Crippen molar-refractivity contribution < 1.29 is 14.1 Å². The molecule has 1 saturated carbocycles. The van der Waals surface area contributed by atoms with E-state index in [-0.39, 0.29) is 12.2 Å². The molecule has 0 amide bonds. The largest absolute Gasteiger partial charge is 0.304 e. The first-order chi connectivity index (χ1) is 9.72. The number of Topliss-reactive ketones (excluding diaryl/α,β-unsaturated/α-hetero) is 1. The number of nitriles is 1. The number of hydrogen-bond donors (Lipinski definition) is 0. The van der Waals surface area contributed by atoms with Crippen molar-refractivity contribution in [3.05, 3.63) is 39.7 Å². The SMILES string of the molecule is CC1(C)CCC(C#N)(Cc2ccc([N+](=O)[O-])c(F)c2)C1=O. The molecule has 1 aromatic rings. The molecular formula is C15H15FN2O3. The minimum Gasteiger partial charge on any atom is -0.297 e. The Labute approximate surface area is 121 Å². The second-order valence-corrected chi connectivity index (χ2v) is 6.13. The van der Waals surface area contributed by atoms with Gasteiger partial charge in [0.15, 0.2) is 5.78 Å². The summed E-state index contributed by atoms with van der Waals surface area (Å²) in [4.78, 5) is 22.2. The molecule has 5 nitrogen and oxygen atoms in total. The normalized spacial score (nSPS) is 23.8. The molecule has 0 bridgehead atoms. The van der Waals surface area contributed by atoms with Gasteiger partial charge in [0.2, 0.25) is 5.82 Å². The van der Waals surface area contributed by atoms with E-state index in [4.69, 9.17) is 0 Å². The average Bonchev–Trinajstić information content (AvgIpc) is 2.63. The molecule has 0 aliphatic heterocycles. The van der Waals surface area contributed by atoms with Crippen LogP contribution in [0.25, 0.3) is 0 Å². The van der Waals surface area contributed by atoms with Crippen LogP contribution in [0.5, 0.6) is 0 Å². The monoisotopic (exact) mass is 290 g/mol. The van der Waals surface area contributed by atoms with Crippen LogP contribution in [0.1, 0.15) is 32.3 Å². The summed E-state index contributed by atoms with van der Waals surface area (Å²) in [7, 11) is 0. The van der Waals surface area contributed by atoms with Gasteiger partial charge >= 0.3 is 5.69 Å². The molecule has 0 saturated heterocycles. The van der Waals surface area contributed by atoms with E-state index in [1.54, 1.807) is 13.8 Å². The van der Waals surface area contributed by atoms with Crippen molar-refractivity contribution in [1.29, 1.82) is 5.26 Å². The molecular weight excluding hydrogens is 275 g/mol. The van der Waals surface area contributed by atoms with Crippen LogP contribution >= 0.6 is 0 Å². The van der Waals surface area contributed by atoms with Crippen molar-refractivity contribution in [2.45, 2.75) is 33.1 Å². The highest BCUT2D eigenvalue weighted by atomic mass is 19.1. The van der Waals surface area contributed by atoms with Gasteiger partial charge in [0.05, 0.1) is 11.0 Å². The standard InChI is InChI=1S/C15H15FN2O3/c1-14(2)5-6-15(9-17,13(14)19)8-10-3-4-12(18(20)21)11(16)7-10/h3-4,7H,5-6,8H2,1-2H3. The van der Waals surface area contributed by atoms with Crippen molar-refractivity contribution in [3.8, 4) is 6.07 Å². The lowest BCUT2D eigenvalue weighted by atomic mass is 9.77. The molecule has 1 aliphatic rings. The number of carbonyl (C=O) groups excluding carboxylic acids is 1. The van der Waals surface area contributed by atoms with Crippen LogP contribution in [0.2, 0.25) is 0 Å². The topological polar surface area (TPSA) is 84.0 Å². The van der Waals surface area contributed by atoms with Crippen LogP contribution < -0.4 is 0 Å². The molecule has 0 N–H and O–H groups in total. The molecule has 21 heavy (non-hydrogen) atoms. The Hall–Kier alpha value is -2.29. The number of nitrogens with zero attached hydrogens (tertiary/aromatic N) is 2. The molecule has 1 fully saturated rings. The predicted molar refractivity (Wildman–Crippen MR) is 72.8 cm³/mol. The first kappa shape index (κ1) is 15.1. The van der Waals surface area contributed by atoms with E-state index >= 15 is 0 Å². The van der Waals surface area contributed by atoms with Gasteiger partial charge in [-0.15, -0.1) is 0 Å². The Kier molecular flexibility index (Phi) is 3.54. The maximum atomic E-state index is 13.6. The average molecular weight is 290 g/mol. The summed E-state index contributed by atoms with van der Waals surface area (Å²) in [6.07, 6.45) is 1.11. The van der Waals surface area contributed by atoms with E-state index in [0.29, 0.717) is 18.4 Å². The fourth-order valence-electron chi connectivity index (χ4n) is 2.87. The third kappa shape index (κ3) is 2.51. The minimum absolute atomic E-state index is 0.0840. The summed E-state index contributed by atoms with van der Waals surface area (Å²) in [6.45, 7) is 3.59. The highest BCUT2D eigenvalue weighted by molar-refractivity contribution is 5.94. The van der Waals surface area contributed by atoms with Gasteiger partial charge in [-0.2, -0.15) is 9.65 Å².